The molecule has 0 atom stereocenters. The Bertz CT molecular complexity index is 1340. The summed E-state index contributed by atoms with van der Waals surface area (Å²) in [6.45, 7) is 7.38. The number of hydrogen-bond donors (Lipinski definition) is 1. The lowest BCUT2D eigenvalue weighted by Gasteiger charge is -2.20. The molecule has 2 aliphatic rings. The molecule has 1 saturated heterocycles. The van der Waals surface area contributed by atoms with Crippen LogP contribution >= 0.6 is 24.0 Å². The first-order valence-electron chi connectivity index (χ1n) is 11.9. The molecule has 1 aromatic heterocycles. The van der Waals surface area contributed by atoms with Gasteiger partial charge in [0.05, 0.1) is 4.91 Å². The van der Waals surface area contributed by atoms with E-state index in [0.717, 1.165) is 18.4 Å². The van der Waals surface area contributed by atoms with Gasteiger partial charge in [0, 0.05) is 25.2 Å². The lowest BCUT2D eigenvalue weighted by Crippen LogP contribution is -2.29. The highest BCUT2D eigenvalue weighted by molar-refractivity contribution is 8.26. The third-order valence-corrected chi connectivity index (χ3v) is 7.48. The molecule has 2 aliphatic heterocycles. The predicted molar refractivity (Wildman–Crippen MR) is 145 cm³/mol. The van der Waals surface area contributed by atoms with Gasteiger partial charge in [0.15, 0.2) is 11.5 Å². The van der Waals surface area contributed by atoms with Crippen LogP contribution in [0.1, 0.15) is 55.4 Å². The fourth-order valence-electron chi connectivity index (χ4n) is 4.17. The Balaban J connectivity index is 1.77. The van der Waals surface area contributed by atoms with Crippen molar-refractivity contribution in [2.24, 2.45) is 0 Å². The van der Waals surface area contributed by atoms with Crippen LogP contribution in [0.15, 0.2) is 27.9 Å². The molecular formula is C26H28N4O4S2. The molecular weight excluding hydrogens is 496 g/mol. The second kappa shape index (κ2) is 11.2. The maximum Gasteiger partial charge on any atom is 0.270 e. The largest absolute Gasteiger partial charge is 0.454 e. The smallest absolute Gasteiger partial charge is 0.270 e. The highest BCUT2D eigenvalue weighted by Crippen LogP contribution is 2.36. The molecule has 36 heavy (non-hydrogen) atoms. The zero-order chi connectivity index (χ0) is 25.8. The SMILES string of the molecule is CCCCN1C(=O)/C(=C\c2c(C)c(C#N)c(=O)n(CCC)c2NCc2ccc3c(c2)OCO3)SC1=S. The number of nitrogens with zero attached hydrogens (tertiary/aromatic N) is 3. The molecule has 0 saturated carbocycles. The van der Waals surface area contributed by atoms with Gasteiger partial charge in [-0.05, 0) is 49.1 Å². The van der Waals surface area contributed by atoms with Crippen molar-refractivity contribution < 1.29 is 14.3 Å². The van der Waals surface area contributed by atoms with Crippen LogP contribution in [0.25, 0.3) is 6.08 Å². The van der Waals surface area contributed by atoms with Crippen molar-refractivity contribution in [1.29, 1.82) is 5.26 Å². The Kier molecular flexibility index (Phi) is 8.01. The Labute approximate surface area is 219 Å². The van der Waals surface area contributed by atoms with Crippen molar-refractivity contribution in [1.82, 2.24) is 9.47 Å². The summed E-state index contributed by atoms with van der Waals surface area (Å²) < 4.78 is 13.0. The number of unbranched alkanes of at least 4 members (excludes halogenated alkanes) is 1. The monoisotopic (exact) mass is 524 g/mol. The lowest BCUT2D eigenvalue weighted by molar-refractivity contribution is -0.122. The summed E-state index contributed by atoms with van der Waals surface area (Å²) in [6.07, 6.45) is 4.28. The summed E-state index contributed by atoms with van der Waals surface area (Å²) in [5.74, 6) is 1.79. The Morgan fingerprint density at radius 1 is 1.19 bits per heavy atom. The summed E-state index contributed by atoms with van der Waals surface area (Å²) in [6, 6.07) is 7.74. The van der Waals surface area contributed by atoms with Crippen LogP contribution in [0.5, 0.6) is 11.5 Å². The van der Waals surface area contributed by atoms with E-state index in [1.807, 2.05) is 25.1 Å². The highest BCUT2D eigenvalue weighted by Gasteiger charge is 2.32. The quantitative estimate of drug-likeness (QED) is 0.370. The van der Waals surface area contributed by atoms with Gasteiger partial charge >= 0.3 is 0 Å². The van der Waals surface area contributed by atoms with Crippen molar-refractivity contribution in [2.45, 2.75) is 53.1 Å². The third kappa shape index (κ3) is 4.99. The molecule has 0 bridgehead atoms. The molecule has 0 spiro atoms. The van der Waals surface area contributed by atoms with Crippen LogP contribution < -0.4 is 20.3 Å². The van der Waals surface area contributed by atoms with Gasteiger partial charge in [0.25, 0.3) is 11.5 Å². The Morgan fingerprint density at radius 2 is 1.97 bits per heavy atom. The number of thiocarbonyl (C=S) groups is 1. The van der Waals surface area contributed by atoms with Gasteiger partial charge in [-0.3, -0.25) is 19.1 Å². The van der Waals surface area contributed by atoms with Crippen molar-refractivity contribution in [2.75, 3.05) is 18.7 Å². The van der Waals surface area contributed by atoms with Crippen LogP contribution in [0.2, 0.25) is 0 Å². The van der Waals surface area contributed by atoms with E-state index in [2.05, 4.69) is 18.3 Å². The van der Waals surface area contributed by atoms with Crippen LogP contribution in [-0.2, 0) is 17.9 Å². The van der Waals surface area contributed by atoms with Crippen LogP contribution in [-0.4, -0.2) is 33.0 Å². The number of amides is 1. The Hall–Kier alpha value is -3.29. The lowest BCUT2D eigenvalue weighted by atomic mass is 10.0. The molecule has 4 rings (SSSR count). The van der Waals surface area contributed by atoms with Gasteiger partial charge < -0.3 is 14.8 Å². The van der Waals surface area contributed by atoms with E-state index in [1.54, 1.807) is 22.5 Å². The number of anilines is 1. The fraction of sp³-hybridized carbons (Fsp3) is 0.385. The maximum absolute atomic E-state index is 13.2. The van der Waals surface area contributed by atoms with Crippen molar-refractivity contribution in [3.8, 4) is 17.6 Å². The van der Waals surface area contributed by atoms with E-state index in [9.17, 15) is 14.9 Å². The highest BCUT2D eigenvalue weighted by atomic mass is 32.2. The van der Waals surface area contributed by atoms with E-state index < -0.39 is 0 Å². The number of carbonyl (C=O) groups excluding carboxylic acids is 1. The summed E-state index contributed by atoms with van der Waals surface area (Å²) in [5, 5.41) is 13.2. The first-order chi connectivity index (χ1) is 17.4. The Morgan fingerprint density at radius 3 is 2.69 bits per heavy atom. The summed E-state index contributed by atoms with van der Waals surface area (Å²) in [4.78, 5) is 28.5. The average molecular weight is 525 g/mol. The molecule has 1 amide bonds. The molecule has 8 nitrogen and oxygen atoms in total. The standard InChI is InChI=1S/C26H28N4O4S2/c1-4-6-10-30-25(32)22(36-26(30)35)12-18-16(3)19(13-27)24(31)29(9-5-2)23(18)28-14-17-7-8-20-21(11-17)34-15-33-20/h7-8,11-12,28H,4-6,9-10,14-15H2,1-3H3/b22-12+. The van der Waals surface area contributed by atoms with Crippen molar-refractivity contribution >= 4 is 46.1 Å². The minimum atomic E-state index is -0.349. The molecule has 1 aromatic carbocycles. The van der Waals surface area contributed by atoms with Gasteiger partial charge in [-0.25, -0.2) is 0 Å². The number of fused-ring (bicyclic) bond motifs is 1. The average Bonchev–Trinajstić information content (AvgIpc) is 3.44. The van der Waals surface area contributed by atoms with Crippen molar-refractivity contribution in [3.63, 3.8) is 0 Å². The van der Waals surface area contributed by atoms with E-state index in [-0.39, 0.29) is 23.8 Å². The molecule has 2 aromatic rings. The number of rotatable bonds is 9. The van der Waals surface area contributed by atoms with Gasteiger partial charge in [-0.2, -0.15) is 5.26 Å². The number of carbonyl (C=O) groups is 1. The molecule has 10 heteroatoms. The number of hydrogen-bond acceptors (Lipinski definition) is 8. The maximum atomic E-state index is 13.2. The number of nitrogens with one attached hydrogen (secondary N) is 1. The third-order valence-electron chi connectivity index (χ3n) is 6.10. The predicted octanol–water partition coefficient (Wildman–Crippen LogP) is 4.78. The normalized spacial score (nSPS) is 15.6. The molecule has 3 heterocycles. The summed E-state index contributed by atoms with van der Waals surface area (Å²) in [5.41, 5.74) is 1.83. The number of aromatic nitrogens is 1. The molecule has 1 fully saturated rings. The van der Waals surface area contributed by atoms with Crippen molar-refractivity contribution in [3.05, 3.63) is 55.7 Å². The van der Waals surface area contributed by atoms with E-state index in [4.69, 9.17) is 21.7 Å². The van der Waals surface area contributed by atoms with E-state index in [0.29, 0.717) is 63.7 Å². The summed E-state index contributed by atoms with van der Waals surface area (Å²) >= 11 is 6.71. The number of nitriles is 1. The fourth-order valence-corrected chi connectivity index (χ4v) is 5.46. The number of benzene rings is 1. The van der Waals surface area contributed by atoms with Gasteiger partial charge in [-0.15, -0.1) is 0 Å². The van der Waals surface area contributed by atoms with Gasteiger partial charge in [-0.1, -0.05) is 50.3 Å². The number of thioether (sulfide) groups is 1. The molecule has 188 valence electrons. The van der Waals surface area contributed by atoms with E-state index in [1.165, 1.54) is 11.8 Å². The van der Waals surface area contributed by atoms with Gasteiger partial charge in [0.1, 0.15) is 21.8 Å². The molecule has 0 aliphatic carbocycles. The van der Waals surface area contributed by atoms with E-state index >= 15 is 0 Å². The minimum absolute atomic E-state index is 0.0739. The number of pyridine rings is 1. The number of ether oxygens (including phenoxy) is 2. The second-order valence-electron chi connectivity index (χ2n) is 8.56. The molecule has 0 radical (unpaired) electrons. The zero-order valence-electron chi connectivity index (χ0n) is 20.6. The van der Waals surface area contributed by atoms with Gasteiger partial charge in [0.2, 0.25) is 6.79 Å². The minimum Gasteiger partial charge on any atom is -0.454 e. The first kappa shape index (κ1) is 25.8. The second-order valence-corrected chi connectivity index (χ2v) is 10.2. The van der Waals surface area contributed by atoms with Crippen LogP contribution in [0.4, 0.5) is 5.82 Å². The molecule has 1 N–H and O–H groups in total. The topological polar surface area (TPSA) is 96.6 Å². The van der Waals surface area contributed by atoms with Crippen LogP contribution in [0.3, 0.4) is 0 Å². The van der Waals surface area contributed by atoms with Crippen LogP contribution in [0, 0.1) is 18.3 Å². The zero-order valence-corrected chi connectivity index (χ0v) is 22.2. The molecule has 0 unspecified atom stereocenters. The first-order valence-corrected chi connectivity index (χ1v) is 13.2. The summed E-state index contributed by atoms with van der Waals surface area (Å²) in [7, 11) is 0.